The van der Waals surface area contributed by atoms with Crippen LogP contribution in [0.1, 0.15) is 66.2 Å². The van der Waals surface area contributed by atoms with Crippen molar-refractivity contribution >= 4 is 6.09 Å². The lowest BCUT2D eigenvalue weighted by molar-refractivity contribution is 0.0523. The van der Waals surface area contributed by atoms with E-state index in [1.807, 2.05) is 20.8 Å². The Hall–Kier alpha value is -0.770. The summed E-state index contributed by atoms with van der Waals surface area (Å²) >= 11 is 0. The first-order chi connectivity index (χ1) is 9.37. The molecular weight excluding hydrogens is 252 g/mol. The highest BCUT2D eigenvalue weighted by atomic mass is 16.6. The van der Waals surface area contributed by atoms with E-state index < -0.39 is 5.60 Å². The highest BCUT2D eigenvalue weighted by molar-refractivity contribution is 5.67. The monoisotopic (exact) mass is 284 g/mol. The number of rotatable bonds is 7. The number of hydrogen-bond donors (Lipinski definition) is 2. The van der Waals surface area contributed by atoms with E-state index in [0.717, 1.165) is 12.5 Å². The molecule has 0 spiro atoms. The minimum atomic E-state index is -0.429. The smallest absolute Gasteiger partial charge is 0.407 e. The minimum Gasteiger partial charge on any atom is -0.444 e. The van der Waals surface area contributed by atoms with Gasteiger partial charge in [-0.05, 0) is 53.0 Å². The van der Waals surface area contributed by atoms with Crippen molar-refractivity contribution in [2.24, 2.45) is 5.92 Å². The lowest BCUT2D eigenvalue weighted by Gasteiger charge is -2.21. The van der Waals surface area contributed by atoms with Gasteiger partial charge in [-0.1, -0.05) is 25.7 Å². The molecule has 4 nitrogen and oxygen atoms in total. The fraction of sp³-hybridized carbons (Fsp3) is 0.938. The quantitative estimate of drug-likeness (QED) is 0.704. The van der Waals surface area contributed by atoms with Gasteiger partial charge in [0.05, 0.1) is 0 Å². The van der Waals surface area contributed by atoms with Crippen LogP contribution < -0.4 is 10.6 Å². The summed E-state index contributed by atoms with van der Waals surface area (Å²) in [5.41, 5.74) is -0.429. The number of carbonyl (C=O) groups excluding carboxylic acids is 1. The molecule has 0 aliphatic heterocycles. The average molecular weight is 284 g/mol. The molecule has 1 saturated carbocycles. The summed E-state index contributed by atoms with van der Waals surface area (Å²) in [5, 5.41) is 6.25. The van der Waals surface area contributed by atoms with E-state index in [2.05, 4.69) is 17.6 Å². The molecule has 1 atom stereocenters. The first-order valence-corrected chi connectivity index (χ1v) is 8.07. The summed E-state index contributed by atoms with van der Waals surface area (Å²) in [6.45, 7) is 9.35. The van der Waals surface area contributed by atoms with Crippen LogP contribution in [0.5, 0.6) is 0 Å². The lowest BCUT2D eigenvalue weighted by Crippen LogP contribution is -2.41. The largest absolute Gasteiger partial charge is 0.444 e. The van der Waals surface area contributed by atoms with Crippen LogP contribution in [0.25, 0.3) is 0 Å². The SMILES string of the molecule is CC(CNC(=O)OC(C)(C)C)NCCCC1CCCC1. The van der Waals surface area contributed by atoms with E-state index in [1.54, 1.807) is 0 Å². The molecular formula is C16H32N2O2. The predicted molar refractivity (Wildman–Crippen MR) is 82.9 cm³/mol. The number of nitrogens with one attached hydrogen (secondary N) is 2. The summed E-state index contributed by atoms with van der Waals surface area (Å²) in [7, 11) is 0. The van der Waals surface area contributed by atoms with Crippen LogP contribution in [0.3, 0.4) is 0 Å². The van der Waals surface area contributed by atoms with Gasteiger partial charge in [-0.15, -0.1) is 0 Å². The zero-order valence-corrected chi connectivity index (χ0v) is 13.6. The molecule has 4 heteroatoms. The fourth-order valence-electron chi connectivity index (χ4n) is 2.66. The third-order valence-corrected chi connectivity index (χ3v) is 3.71. The van der Waals surface area contributed by atoms with Crippen LogP contribution in [0.4, 0.5) is 4.79 Å². The number of alkyl carbamates (subject to hydrolysis) is 1. The minimum absolute atomic E-state index is 0.283. The molecule has 1 aliphatic rings. The molecule has 1 fully saturated rings. The third-order valence-electron chi connectivity index (χ3n) is 3.71. The van der Waals surface area contributed by atoms with Crippen LogP contribution in [-0.4, -0.2) is 30.8 Å². The van der Waals surface area contributed by atoms with Crippen molar-refractivity contribution in [1.29, 1.82) is 0 Å². The summed E-state index contributed by atoms with van der Waals surface area (Å²) in [6.07, 6.45) is 7.95. The Bertz CT molecular complexity index is 281. The third kappa shape index (κ3) is 8.41. The highest BCUT2D eigenvalue weighted by Gasteiger charge is 2.16. The molecule has 0 aromatic rings. The second-order valence-electron chi connectivity index (χ2n) is 7.03. The van der Waals surface area contributed by atoms with Gasteiger partial charge in [0.2, 0.25) is 0 Å². The Morgan fingerprint density at radius 3 is 2.55 bits per heavy atom. The molecule has 1 amide bonds. The fourth-order valence-corrected chi connectivity index (χ4v) is 2.66. The topological polar surface area (TPSA) is 50.4 Å². The van der Waals surface area contributed by atoms with Crippen LogP contribution in [0, 0.1) is 5.92 Å². The van der Waals surface area contributed by atoms with E-state index in [-0.39, 0.29) is 12.1 Å². The van der Waals surface area contributed by atoms with E-state index in [9.17, 15) is 4.79 Å². The molecule has 20 heavy (non-hydrogen) atoms. The molecule has 0 radical (unpaired) electrons. The molecule has 0 aromatic heterocycles. The van der Waals surface area contributed by atoms with Crippen molar-refractivity contribution in [3.05, 3.63) is 0 Å². The van der Waals surface area contributed by atoms with Crippen LogP contribution in [0.15, 0.2) is 0 Å². The number of carbonyl (C=O) groups is 1. The van der Waals surface area contributed by atoms with Gasteiger partial charge >= 0.3 is 6.09 Å². The predicted octanol–water partition coefficient (Wildman–Crippen LogP) is 3.46. The first-order valence-electron chi connectivity index (χ1n) is 8.07. The van der Waals surface area contributed by atoms with E-state index in [4.69, 9.17) is 4.74 Å². The molecule has 0 heterocycles. The zero-order valence-electron chi connectivity index (χ0n) is 13.6. The van der Waals surface area contributed by atoms with Crippen molar-refractivity contribution in [3.63, 3.8) is 0 Å². The summed E-state index contributed by atoms with van der Waals surface area (Å²) < 4.78 is 5.20. The van der Waals surface area contributed by atoms with E-state index in [0.29, 0.717) is 6.54 Å². The van der Waals surface area contributed by atoms with Crippen molar-refractivity contribution in [2.45, 2.75) is 77.9 Å². The van der Waals surface area contributed by atoms with Crippen LogP contribution >= 0.6 is 0 Å². The van der Waals surface area contributed by atoms with Gasteiger partial charge in [-0.2, -0.15) is 0 Å². The Balaban J connectivity index is 1.99. The van der Waals surface area contributed by atoms with Gasteiger partial charge in [0.15, 0.2) is 0 Å². The van der Waals surface area contributed by atoms with Gasteiger partial charge in [-0.25, -0.2) is 4.79 Å². The molecule has 1 rings (SSSR count). The first kappa shape index (κ1) is 17.3. The van der Waals surface area contributed by atoms with E-state index >= 15 is 0 Å². The molecule has 0 bridgehead atoms. The Morgan fingerprint density at radius 2 is 1.95 bits per heavy atom. The summed E-state index contributed by atoms with van der Waals surface area (Å²) in [4.78, 5) is 11.5. The van der Waals surface area contributed by atoms with E-state index in [1.165, 1.54) is 38.5 Å². The molecule has 2 N–H and O–H groups in total. The van der Waals surface area contributed by atoms with Gasteiger partial charge < -0.3 is 15.4 Å². The number of amides is 1. The zero-order chi connectivity index (χ0) is 15.0. The molecule has 0 aromatic carbocycles. The molecule has 0 saturated heterocycles. The second kappa shape index (κ2) is 8.50. The van der Waals surface area contributed by atoms with Crippen molar-refractivity contribution < 1.29 is 9.53 Å². The van der Waals surface area contributed by atoms with Gasteiger partial charge in [-0.3, -0.25) is 0 Å². The average Bonchev–Trinajstić information content (AvgIpc) is 2.83. The highest BCUT2D eigenvalue weighted by Crippen LogP contribution is 2.28. The Kier molecular flexibility index (Phi) is 7.35. The van der Waals surface area contributed by atoms with Crippen molar-refractivity contribution in [3.8, 4) is 0 Å². The van der Waals surface area contributed by atoms with Crippen molar-refractivity contribution in [2.75, 3.05) is 13.1 Å². The second-order valence-corrected chi connectivity index (χ2v) is 7.03. The molecule has 1 aliphatic carbocycles. The maximum atomic E-state index is 11.5. The lowest BCUT2D eigenvalue weighted by atomic mass is 10.0. The Labute approximate surface area is 124 Å². The maximum absolute atomic E-state index is 11.5. The van der Waals surface area contributed by atoms with Crippen LogP contribution in [-0.2, 0) is 4.74 Å². The molecule has 1 unspecified atom stereocenters. The number of hydrogen-bond acceptors (Lipinski definition) is 3. The molecule has 118 valence electrons. The van der Waals surface area contributed by atoms with Crippen LogP contribution in [0.2, 0.25) is 0 Å². The van der Waals surface area contributed by atoms with Gasteiger partial charge in [0.1, 0.15) is 5.60 Å². The Morgan fingerprint density at radius 1 is 1.30 bits per heavy atom. The van der Waals surface area contributed by atoms with Gasteiger partial charge in [0, 0.05) is 12.6 Å². The summed E-state index contributed by atoms with van der Waals surface area (Å²) in [6, 6.07) is 0.283. The normalized spacial score (nSPS) is 18.0. The maximum Gasteiger partial charge on any atom is 0.407 e. The van der Waals surface area contributed by atoms with Gasteiger partial charge in [0.25, 0.3) is 0 Å². The van der Waals surface area contributed by atoms with Crippen molar-refractivity contribution in [1.82, 2.24) is 10.6 Å². The standard InChI is InChI=1S/C16H32N2O2/c1-13(12-18-15(19)20-16(2,3)4)17-11-7-10-14-8-5-6-9-14/h13-14,17H,5-12H2,1-4H3,(H,18,19). The number of ether oxygens (including phenoxy) is 1. The summed E-state index contributed by atoms with van der Waals surface area (Å²) in [5.74, 6) is 0.965.